The average molecular weight is 569 g/mol. The predicted octanol–water partition coefficient (Wildman–Crippen LogP) is 6.99. The van der Waals surface area contributed by atoms with Crippen molar-refractivity contribution in [1.82, 2.24) is 0 Å². The van der Waals surface area contributed by atoms with E-state index in [0.717, 1.165) is 0 Å². The van der Waals surface area contributed by atoms with E-state index in [1.165, 1.54) is 92.4 Å². The quantitative estimate of drug-likeness (QED) is 0.206. The molecule has 0 atom stereocenters. The van der Waals surface area contributed by atoms with E-state index in [-0.39, 0.29) is 6.71 Å². The van der Waals surface area contributed by atoms with Gasteiger partial charge in [-0.25, -0.2) is 0 Å². The Hall–Kier alpha value is -3.94. The first kappa shape index (κ1) is 27.9. The fraction of sp³-hybridized carbons (Fsp3) is 0.150. The number of benzene rings is 6. The van der Waals surface area contributed by atoms with Crippen LogP contribution in [0.5, 0.6) is 0 Å². The fourth-order valence-corrected chi connectivity index (χ4v) is 8.69. The van der Waals surface area contributed by atoms with Gasteiger partial charge in [0, 0.05) is 9.79 Å². The lowest BCUT2D eigenvalue weighted by atomic mass is 9.33. The highest BCUT2D eigenvalue weighted by atomic mass is 32.2. The summed E-state index contributed by atoms with van der Waals surface area (Å²) >= 11 is 1.90. The zero-order valence-electron chi connectivity index (χ0n) is 25.9. The van der Waals surface area contributed by atoms with Crippen molar-refractivity contribution in [3.05, 3.63) is 137 Å². The van der Waals surface area contributed by atoms with Crippen LogP contribution < -0.4 is 27.3 Å². The molecule has 43 heavy (non-hydrogen) atoms. The Bertz CT molecular complexity index is 1950. The summed E-state index contributed by atoms with van der Waals surface area (Å²) in [5.41, 5.74) is 17.5. The van der Waals surface area contributed by atoms with Gasteiger partial charge in [-0.15, -0.1) is 0 Å². The summed E-state index contributed by atoms with van der Waals surface area (Å²) in [7, 11) is 2.34. The Balaban J connectivity index is 1.54. The van der Waals surface area contributed by atoms with Crippen LogP contribution in [0.2, 0.25) is 0 Å². The maximum absolute atomic E-state index is 2.39. The van der Waals surface area contributed by atoms with Gasteiger partial charge in [-0.3, -0.25) is 0 Å². The van der Waals surface area contributed by atoms with E-state index in [1.54, 1.807) is 0 Å². The molecule has 3 heteroatoms. The van der Waals surface area contributed by atoms with Gasteiger partial charge in [-0.05, 0) is 69.5 Å². The summed E-state index contributed by atoms with van der Waals surface area (Å²) in [6.07, 6.45) is 0. The lowest BCUT2D eigenvalue weighted by Crippen LogP contribution is -2.56. The molecule has 1 aliphatic rings. The predicted molar refractivity (Wildman–Crippen MR) is 191 cm³/mol. The van der Waals surface area contributed by atoms with Gasteiger partial charge in [0.2, 0.25) is 6.71 Å². The highest BCUT2D eigenvalue weighted by Crippen LogP contribution is 2.38. The Labute approximate surface area is 261 Å². The van der Waals surface area contributed by atoms with Crippen molar-refractivity contribution in [2.24, 2.45) is 0 Å². The van der Waals surface area contributed by atoms with E-state index in [0.29, 0.717) is 0 Å². The van der Waals surface area contributed by atoms with Crippen LogP contribution in [0.25, 0.3) is 21.9 Å². The molecular formula is C40H35B2S. The van der Waals surface area contributed by atoms with Crippen LogP contribution in [-0.2, 0) is 0 Å². The van der Waals surface area contributed by atoms with Gasteiger partial charge in [-0.1, -0.05) is 170 Å². The minimum absolute atomic E-state index is 0.116. The van der Waals surface area contributed by atoms with Crippen molar-refractivity contribution in [2.75, 3.05) is 0 Å². The van der Waals surface area contributed by atoms with E-state index >= 15 is 0 Å². The van der Waals surface area contributed by atoms with E-state index in [1.807, 2.05) is 11.8 Å². The second kappa shape index (κ2) is 11.0. The Morgan fingerprint density at radius 2 is 1.07 bits per heavy atom. The minimum Gasteiger partial charge on any atom is -0.0906 e. The molecule has 6 aromatic carbocycles. The molecule has 0 aliphatic carbocycles. The lowest BCUT2D eigenvalue weighted by molar-refractivity contribution is 1.34. The number of fused-ring (bicyclic) bond motifs is 3. The summed E-state index contributed by atoms with van der Waals surface area (Å²) in [5, 5.41) is 2.63. The number of aryl methyl sites for hydroxylation is 6. The van der Waals surface area contributed by atoms with Crippen LogP contribution in [0, 0.1) is 41.5 Å². The first-order valence-electron chi connectivity index (χ1n) is 15.2. The molecule has 1 aliphatic heterocycles. The van der Waals surface area contributed by atoms with E-state index in [9.17, 15) is 0 Å². The summed E-state index contributed by atoms with van der Waals surface area (Å²) < 4.78 is 0. The maximum atomic E-state index is 2.39. The topological polar surface area (TPSA) is 0 Å². The molecular weight excluding hydrogens is 534 g/mol. The van der Waals surface area contributed by atoms with Crippen LogP contribution in [0.15, 0.2) is 113 Å². The van der Waals surface area contributed by atoms with Crippen LogP contribution in [-0.4, -0.2) is 14.0 Å². The molecule has 0 fully saturated rings. The first-order chi connectivity index (χ1) is 20.8. The molecule has 0 spiro atoms. The summed E-state index contributed by atoms with van der Waals surface area (Å²) in [6.45, 7) is 13.7. The normalized spacial score (nSPS) is 12.0. The zero-order valence-corrected chi connectivity index (χ0v) is 26.7. The van der Waals surface area contributed by atoms with Crippen LogP contribution in [0.3, 0.4) is 0 Å². The molecule has 0 N–H and O–H groups in total. The van der Waals surface area contributed by atoms with Gasteiger partial charge < -0.3 is 0 Å². The second-order valence-electron chi connectivity index (χ2n) is 12.3. The molecule has 0 nitrogen and oxygen atoms in total. The molecule has 7 rings (SSSR count). The first-order valence-corrected chi connectivity index (χ1v) is 16.0. The Morgan fingerprint density at radius 1 is 0.535 bits per heavy atom. The van der Waals surface area contributed by atoms with Gasteiger partial charge in [0.25, 0.3) is 0 Å². The maximum Gasteiger partial charge on any atom is 0.243 e. The highest BCUT2D eigenvalue weighted by Gasteiger charge is 2.31. The van der Waals surface area contributed by atoms with Crippen LogP contribution in [0.4, 0.5) is 0 Å². The third-order valence-electron chi connectivity index (χ3n) is 9.08. The summed E-state index contributed by atoms with van der Waals surface area (Å²) in [4.78, 5) is 2.66. The number of hydrogen-bond donors (Lipinski definition) is 0. The molecule has 207 valence electrons. The van der Waals surface area contributed by atoms with Gasteiger partial charge in [0.15, 0.2) is 7.28 Å². The van der Waals surface area contributed by atoms with Crippen molar-refractivity contribution < 1.29 is 0 Å². The molecule has 1 radical (unpaired) electrons. The molecule has 0 amide bonds. The highest BCUT2D eigenvalue weighted by molar-refractivity contribution is 8.00. The molecule has 0 bridgehead atoms. The fourth-order valence-electron chi connectivity index (χ4n) is 7.55. The molecule has 0 unspecified atom stereocenters. The van der Waals surface area contributed by atoms with E-state index in [2.05, 4.69) is 152 Å². The van der Waals surface area contributed by atoms with Crippen LogP contribution in [0.1, 0.15) is 33.4 Å². The lowest BCUT2D eigenvalue weighted by Gasteiger charge is -2.27. The summed E-state index contributed by atoms with van der Waals surface area (Å²) in [5.74, 6) is 0. The van der Waals surface area contributed by atoms with Crippen molar-refractivity contribution in [3.8, 4) is 11.1 Å². The smallest absolute Gasteiger partial charge is 0.0906 e. The monoisotopic (exact) mass is 569 g/mol. The van der Waals surface area contributed by atoms with Crippen molar-refractivity contribution in [2.45, 2.75) is 51.3 Å². The standard InChI is InChI=1S/C40H35B2S/c1-24-20-26(3)38(27(4)21-24)42(39-28(5)22-25(2)23-29(39)6)35-18-10-13-30-12-9-14-31(37(30)35)32-15-11-17-34-40(32)43-36-19-8-7-16-33(36)41-34/h7-23H,1-6H3. The molecule has 6 aromatic rings. The van der Waals surface area contributed by atoms with Gasteiger partial charge >= 0.3 is 0 Å². The third kappa shape index (κ3) is 4.85. The van der Waals surface area contributed by atoms with Crippen molar-refractivity contribution >= 4 is 63.8 Å². The van der Waals surface area contributed by atoms with E-state index < -0.39 is 0 Å². The Morgan fingerprint density at radius 3 is 1.72 bits per heavy atom. The second-order valence-corrected chi connectivity index (χ2v) is 13.4. The summed E-state index contributed by atoms with van der Waals surface area (Å²) in [6, 6.07) is 38.7. The van der Waals surface area contributed by atoms with Gasteiger partial charge in [0.05, 0.1) is 0 Å². The zero-order chi connectivity index (χ0) is 29.8. The molecule has 0 saturated heterocycles. The molecule has 0 saturated carbocycles. The molecule has 0 aromatic heterocycles. The van der Waals surface area contributed by atoms with Gasteiger partial charge in [-0.2, -0.15) is 0 Å². The van der Waals surface area contributed by atoms with E-state index in [4.69, 9.17) is 0 Å². The largest absolute Gasteiger partial charge is 0.243 e. The SMILES string of the molecule is Cc1cc(C)c(B(c2c(C)cc(C)cc2C)c2cccc3cccc(-c4cccc5c4Sc4ccccc4[B]5)c23)c(C)c1. The third-order valence-corrected chi connectivity index (χ3v) is 10.3. The van der Waals surface area contributed by atoms with Crippen LogP contribution >= 0.6 is 11.8 Å². The minimum atomic E-state index is 0.116. The number of hydrogen-bond acceptors (Lipinski definition) is 1. The number of rotatable bonds is 4. The van der Waals surface area contributed by atoms with Gasteiger partial charge in [0.1, 0.15) is 0 Å². The van der Waals surface area contributed by atoms with Crippen molar-refractivity contribution in [1.29, 1.82) is 0 Å². The molecule has 1 heterocycles. The van der Waals surface area contributed by atoms with Crippen molar-refractivity contribution in [3.63, 3.8) is 0 Å². The average Bonchev–Trinajstić information content (AvgIpc) is 2.97. The Kier molecular flexibility index (Phi) is 7.10.